The third-order valence-corrected chi connectivity index (χ3v) is 8.91. The average Bonchev–Trinajstić information content (AvgIpc) is 3.96. The Bertz CT molecular complexity index is 2090. The van der Waals surface area contributed by atoms with Crippen molar-refractivity contribution in [2.75, 3.05) is 0 Å². The molecular formula is C36H20EuF9N2O6S3. The van der Waals surface area contributed by atoms with Crippen LogP contribution in [0, 0.1) is 49.4 Å². The third kappa shape index (κ3) is 15.9. The number of benzene rings is 1. The van der Waals surface area contributed by atoms with Crippen molar-refractivity contribution >= 4 is 90.4 Å². The molecule has 6 aromatic rings. The number of ketones is 3. The number of carbonyl (C=O) groups is 3. The summed E-state index contributed by atoms with van der Waals surface area (Å²) in [4.78, 5) is 40.2. The van der Waals surface area contributed by atoms with Crippen LogP contribution < -0.4 is 15.3 Å². The number of hydrogen-bond donors (Lipinski definition) is 0. The second kappa shape index (κ2) is 22.0. The van der Waals surface area contributed by atoms with Gasteiger partial charge in [0.15, 0.2) is 0 Å². The molecule has 5 aromatic heterocycles. The fourth-order valence-electron chi connectivity index (χ4n) is 3.75. The summed E-state index contributed by atoms with van der Waals surface area (Å²) < 4.78 is 105. The Morgan fingerprint density at radius 1 is 0.474 bits per heavy atom. The molecule has 0 aliphatic rings. The summed E-state index contributed by atoms with van der Waals surface area (Å²) in [5.74, 6) is -9.13. The maximum absolute atomic E-state index is 11.7. The number of pyridine rings is 2. The Labute approximate surface area is 368 Å². The van der Waals surface area contributed by atoms with Gasteiger partial charge in [-0.25, -0.2) is 0 Å². The number of carbonyl (C=O) groups excluding carboxylic acids is 3. The Balaban J connectivity index is 0.000000261. The minimum absolute atomic E-state index is 0. The van der Waals surface area contributed by atoms with Crippen molar-refractivity contribution in [1.82, 2.24) is 9.97 Å². The van der Waals surface area contributed by atoms with Crippen LogP contribution >= 0.6 is 34.0 Å². The number of hydrogen-bond acceptors (Lipinski definition) is 11. The Hall–Kier alpha value is -4.28. The van der Waals surface area contributed by atoms with Crippen LogP contribution in [0.2, 0.25) is 0 Å². The van der Waals surface area contributed by atoms with Gasteiger partial charge in [-0.2, -0.15) is 39.5 Å². The molecule has 6 rings (SSSR count). The Kier molecular flexibility index (Phi) is 18.9. The molecule has 8 nitrogen and oxygen atoms in total. The second-order valence-corrected chi connectivity index (χ2v) is 13.1. The fourth-order valence-corrected chi connectivity index (χ4v) is 5.66. The molecule has 0 N–H and O–H groups in total. The van der Waals surface area contributed by atoms with Crippen LogP contribution in [0.15, 0.2) is 120 Å². The van der Waals surface area contributed by atoms with Crippen molar-refractivity contribution < 1.29 is 119 Å². The van der Waals surface area contributed by atoms with Crippen LogP contribution in [-0.2, 0) is 14.4 Å². The van der Waals surface area contributed by atoms with Gasteiger partial charge in [0.1, 0.15) is 0 Å². The summed E-state index contributed by atoms with van der Waals surface area (Å²) in [6, 6.07) is 20.8. The van der Waals surface area contributed by atoms with Gasteiger partial charge in [-0.1, -0.05) is 59.7 Å². The van der Waals surface area contributed by atoms with Gasteiger partial charge < -0.3 is 15.3 Å². The van der Waals surface area contributed by atoms with Crippen LogP contribution in [0.4, 0.5) is 39.5 Å². The second-order valence-electron chi connectivity index (χ2n) is 10.3. The van der Waals surface area contributed by atoms with Gasteiger partial charge in [0, 0.05) is 37.8 Å². The number of thiophene rings is 3. The third-order valence-electron chi connectivity index (χ3n) is 6.26. The predicted molar refractivity (Wildman–Crippen MR) is 187 cm³/mol. The molecule has 0 aliphatic heterocycles. The summed E-state index contributed by atoms with van der Waals surface area (Å²) in [6.45, 7) is 0. The number of alkyl halides is 9. The van der Waals surface area contributed by atoms with E-state index in [9.17, 15) is 69.2 Å². The van der Waals surface area contributed by atoms with E-state index in [-0.39, 0.29) is 82.2 Å². The molecule has 0 spiro atoms. The summed E-state index contributed by atoms with van der Waals surface area (Å²) in [5.41, 5.74) is 1.95. The van der Waals surface area contributed by atoms with Crippen molar-refractivity contribution in [1.29, 1.82) is 0 Å². The molecular weight excluding hydrogens is 976 g/mol. The number of nitrogens with zero attached hydrogens (tertiary/aromatic N) is 2. The summed E-state index contributed by atoms with van der Waals surface area (Å²) in [5, 5.41) is 39.9. The number of aromatic nitrogens is 2. The molecule has 0 atom stereocenters. The first-order chi connectivity index (χ1) is 26.2. The molecule has 0 fully saturated rings. The van der Waals surface area contributed by atoms with E-state index in [0.717, 1.165) is 55.8 Å². The number of allylic oxidation sites excluding steroid dienone is 3. The molecule has 0 saturated heterocycles. The summed E-state index contributed by atoms with van der Waals surface area (Å²) in [7, 11) is 0. The Morgan fingerprint density at radius 2 is 0.754 bits per heavy atom. The molecule has 0 radical (unpaired) electrons. The van der Waals surface area contributed by atoms with E-state index in [4.69, 9.17) is 0 Å². The van der Waals surface area contributed by atoms with Gasteiger partial charge in [-0.15, -0.1) is 34.0 Å². The van der Waals surface area contributed by atoms with E-state index >= 15 is 0 Å². The topological polar surface area (TPSA) is 146 Å². The molecule has 0 bridgehead atoms. The van der Waals surface area contributed by atoms with Gasteiger partial charge in [-0.05, 0) is 64.7 Å². The number of fused-ring (bicyclic) bond motifs is 3. The summed E-state index contributed by atoms with van der Waals surface area (Å²) in [6.07, 6.45) is -11.1. The first-order valence-corrected chi connectivity index (χ1v) is 17.5. The monoisotopic (exact) mass is 996 g/mol. The zero-order valence-electron chi connectivity index (χ0n) is 27.9. The van der Waals surface area contributed by atoms with Crippen molar-refractivity contribution in [2.45, 2.75) is 18.5 Å². The first kappa shape index (κ1) is 48.9. The van der Waals surface area contributed by atoms with E-state index in [2.05, 4.69) is 34.2 Å². The fraction of sp³-hybridized carbons (Fsp3) is 0.0833. The van der Waals surface area contributed by atoms with Crippen LogP contribution in [-0.4, -0.2) is 45.8 Å². The van der Waals surface area contributed by atoms with E-state index in [1.807, 2.05) is 12.1 Å². The van der Waals surface area contributed by atoms with Crippen molar-refractivity contribution in [2.24, 2.45) is 0 Å². The molecule has 57 heavy (non-hydrogen) atoms. The maximum Gasteiger partial charge on any atom is 3.00 e. The van der Waals surface area contributed by atoms with Crippen LogP contribution in [0.25, 0.3) is 39.1 Å². The standard InChI is InChI=1S/C12H8N2.3C8H5F3O2S.Eu/c1-3-9-5-6-10-4-2-8-14-12(10)11(9)13-7-1;3*9-8(10,11)7(13)4-5(12)6-2-1-3-14-6;/h1-8H;3*1-4,12H;/q;;;;+3/p-3/b;3*5-4-;. The smallest absolute Gasteiger partial charge is 0.871 e. The molecule has 0 aliphatic carbocycles. The van der Waals surface area contributed by atoms with Gasteiger partial charge in [-0.3, -0.25) is 24.4 Å². The van der Waals surface area contributed by atoms with Crippen LogP contribution in [0.3, 0.4) is 0 Å². The SMILES string of the molecule is O=C(/C=C(\[O-])c1cccs1)C(F)(F)F.O=C(/C=C(\[O-])c1cccs1)C(F)(F)F.O=C(/C=C(\[O-])c1cccs1)C(F)(F)F.[Eu+3].c1cnc2c(c1)ccc1cccnc12. The summed E-state index contributed by atoms with van der Waals surface area (Å²) >= 11 is 2.95. The van der Waals surface area contributed by atoms with Crippen molar-refractivity contribution in [3.63, 3.8) is 0 Å². The molecule has 5 heterocycles. The van der Waals surface area contributed by atoms with Gasteiger partial charge in [0.25, 0.3) is 17.3 Å². The quantitative estimate of drug-likeness (QED) is 0.0721. The van der Waals surface area contributed by atoms with E-state index < -0.39 is 53.2 Å². The van der Waals surface area contributed by atoms with Crippen LogP contribution in [0.5, 0.6) is 0 Å². The van der Waals surface area contributed by atoms with Gasteiger partial charge >= 0.3 is 67.9 Å². The maximum atomic E-state index is 11.7. The van der Waals surface area contributed by atoms with Gasteiger partial charge in [0.2, 0.25) is 0 Å². The zero-order chi connectivity index (χ0) is 41.7. The van der Waals surface area contributed by atoms with E-state index in [1.54, 1.807) is 28.5 Å². The normalized spacial score (nSPS) is 12.2. The van der Waals surface area contributed by atoms with Gasteiger partial charge in [0.05, 0.1) is 11.0 Å². The number of halogens is 9. The minimum Gasteiger partial charge on any atom is -0.871 e. The Morgan fingerprint density at radius 3 is 0.982 bits per heavy atom. The minimum atomic E-state index is -4.98. The number of rotatable bonds is 6. The molecule has 0 amide bonds. The first-order valence-electron chi connectivity index (χ1n) is 14.9. The van der Waals surface area contributed by atoms with Crippen molar-refractivity contribution in [3.8, 4) is 0 Å². The van der Waals surface area contributed by atoms with Crippen LogP contribution in [0.1, 0.15) is 14.6 Å². The zero-order valence-corrected chi connectivity index (χ0v) is 32.8. The molecule has 21 heteroatoms. The molecule has 1 aromatic carbocycles. The predicted octanol–water partition coefficient (Wildman–Crippen LogP) is 7.53. The average molecular weight is 996 g/mol. The van der Waals surface area contributed by atoms with E-state index in [1.165, 1.54) is 36.4 Å². The largest absolute Gasteiger partial charge is 3.00 e. The molecule has 0 saturated carbocycles. The van der Waals surface area contributed by atoms with Crippen molar-refractivity contribution in [3.05, 3.63) is 134 Å². The molecule has 298 valence electrons. The van der Waals surface area contributed by atoms with E-state index in [0.29, 0.717) is 0 Å². The molecule has 0 unspecified atom stereocenters.